The van der Waals surface area contributed by atoms with Gasteiger partial charge < -0.3 is 9.47 Å². The van der Waals surface area contributed by atoms with Crippen LogP contribution in [0, 0.1) is 20.2 Å². The van der Waals surface area contributed by atoms with E-state index in [1.165, 1.54) is 24.3 Å². The maximum Gasteiger partial charge on any atom is 0.339 e. The monoisotopic (exact) mass is 470 g/mol. The van der Waals surface area contributed by atoms with Gasteiger partial charge in [-0.2, -0.15) is 0 Å². The second-order valence-electron chi connectivity index (χ2n) is 7.40. The summed E-state index contributed by atoms with van der Waals surface area (Å²) < 4.78 is 11.4. The largest absolute Gasteiger partial charge is 0.450 e. The van der Waals surface area contributed by atoms with Crippen LogP contribution in [-0.2, 0) is 4.74 Å². The van der Waals surface area contributed by atoms with Gasteiger partial charge in [0.1, 0.15) is 5.75 Å². The van der Waals surface area contributed by atoms with E-state index in [0.29, 0.717) is 0 Å². The Kier molecular flexibility index (Phi) is 6.78. The van der Waals surface area contributed by atoms with Gasteiger partial charge in [-0.1, -0.05) is 60.7 Å². The number of rotatable bonds is 8. The molecule has 4 aromatic carbocycles. The highest BCUT2D eigenvalue weighted by molar-refractivity contribution is 5.89. The first-order valence-electron chi connectivity index (χ1n) is 10.4. The smallest absolute Gasteiger partial charge is 0.339 e. The lowest BCUT2D eigenvalue weighted by molar-refractivity contribution is -0.394. The predicted molar refractivity (Wildman–Crippen MR) is 126 cm³/mol. The van der Waals surface area contributed by atoms with Gasteiger partial charge >= 0.3 is 11.7 Å². The number of nitrogens with zero attached hydrogens (tertiary/aromatic N) is 2. The molecule has 0 aromatic heterocycles. The third-order valence-corrected chi connectivity index (χ3v) is 5.10. The molecule has 0 heterocycles. The number of carbonyl (C=O) groups excluding carboxylic acids is 1. The SMILES string of the molecule is O=C(OC(c1ccccc1)c1ccccc1)c1ccc(Oc2ccc([N+](=O)[O-])cc2[N+](=O)[O-])cc1. The number of esters is 1. The molecule has 0 N–H and O–H groups in total. The molecule has 0 atom stereocenters. The van der Waals surface area contributed by atoms with E-state index in [-0.39, 0.29) is 17.1 Å². The van der Waals surface area contributed by atoms with Crippen LogP contribution in [0.15, 0.2) is 103 Å². The van der Waals surface area contributed by atoms with Crippen molar-refractivity contribution in [3.63, 3.8) is 0 Å². The highest BCUT2D eigenvalue weighted by atomic mass is 16.6. The number of nitro groups is 2. The first-order chi connectivity index (χ1) is 16.9. The van der Waals surface area contributed by atoms with E-state index in [1.807, 2.05) is 60.7 Å². The van der Waals surface area contributed by atoms with Crippen molar-refractivity contribution in [3.8, 4) is 11.5 Å². The van der Waals surface area contributed by atoms with E-state index < -0.39 is 33.3 Å². The quantitative estimate of drug-likeness (QED) is 0.170. The molecule has 35 heavy (non-hydrogen) atoms. The fourth-order valence-electron chi connectivity index (χ4n) is 3.39. The third kappa shape index (κ3) is 5.48. The van der Waals surface area contributed by atoms with Crippen LogP contribution in [-0.4, -0.2) is 15.8 Å². The molecule has 0 aliphatic carbocycles. The standard InChI is InChI=1S/C26H18N2O7/c29-26(35-25(18-7-3-1-4-8-18)19-9-5-2-6-10-19)20-11-14-22(15-12-20)34-24-16-13-21(27(30)31)17-23(24)28(32)33/h1-17,25H. The Morgan fingerprint density at radius 3 is 1.80 bits per heavy atom. The molecular weight excluding hydrogens is 452 g/mol. The Morgan fingerprint density at radius 2 is 1.29 bits per heavy atom. The molecule has 0 unspecified atom stereocenters. The number of hydrogen-bond donors (Lipinski definition) is 0. The summed E-state index contributed by atoms with van der Waals surface area (Å²) in [5, 5.41) is 22.2. The van der Waals surface area contributed by atoms with Crippen LogP contribution in [0.5, 0.6) is 11.5 Å². The minimum atomic E-state index is -0.763. The summed E-state index contributed by atoms with van der Waals surface area (Å²) in [5.74, 6) is -0.513. The Morgan fingerprint density at radius 1 is 0.714 bits per heavy atom. The summed E-state index contributed by atoms with van der Waals surface area (Å²) in [6.07, 6.45) is -0.608. The topological polar surface area (TPSA) is 122 Å². The summed E-state index contributed by atoms with van der Waals surface area (Å²) in [6.45, 7) is 0. The van der Waals surface area contributed by atoms with Gasteiger partial charge in [-0.3, -0.25) is 20.2 Å². The summed E-state index contributed by atoms with van der Waals surface area (Å²) in [6, 6.07) is 27.7. The van der Waals surface area contributed by atoms with Crippen LogP contribution in [0.25, 0.3) is 0 Å². The van der Waals surface area contributed by atoms with Gasteiger partial charge in [-0.15, -0.1) is 0 Å². The Hall–Kier alpha value is -5.05. The number of hydrogen-bond acceptors (Lipinski definition) is 7. The average molecular weight is 470 g/mol. The minimum Gasteiger partial charge on any atom is -0.450 e. The van der Waals surface area contributed by atoms with E-state index >= 15 is 0 Å². The highest BCUT2D eigenvalue weighted by Crippen LogP contribution is 2.34. The summed E-state index contributed by atoms with van der Waals surface area (Å²) in [4.78, 5) is 33.6. The molecule has 4 aromatic rings. The Balaban J connectivity index is 1.53. The Labute approximate surface area is 199 Å². The third-order valence-electron chi connectivity index (χ3n) is 5.10. The molecule has 0 aliphatic heterocycles. The van der Waals surface area contributed by atoms with Gasteiger partial charge in [0.15, 0.2) is 6.10 Å². The van der Waals surface area contributed by atoms with Gasteiger partial charge in [0.2, 0.25) is 5.75 Å². The lowest BCUT2D eigenvalue weighted by Gasteiger charge is -2.19. The van der Waals surface area contributed by atoms with Crippen LogP contribution in [0.3, 0.4) is 0 Å². The molecule has 9 heteroatoms. The number of benzene rings is 4. The molecule has 0 saturated carbocycles. The van der Waals surface area contributed by atoms with Crippen molar-refractivity contribution in [2.75, 3.05) is 0 Å². The van der Waals surface area contributed by atoms with Crippen molar-refractivity contribution in [3.05, 3.63) is 140 Å². The van der Waals surface area contributed by atoms with E-state index in [0.717, 1.165) is 29.3 Å². The molecule has 0 saturated heterocycles. The number of nitro benzene ring substituents is 2. The molecule has 4 rings (SSSR count). The van der Waals surface area contributed by atoms with Crippen molar-refractivity contribution in [1.29, 1.82) is 0 Å². The zero-order chi connectivity index (χ0) is 24.8. The predicted octanol–water partition coefficient (Wildman–Crippen LogP) is 6.24. The van der Waals surface area contributed by atoms with Crippen molar-refractivity contribution >= 4 is 17.3 Å². The van der Waals surface area contributed by atoms with Crippen LogP contribution in [0.1, 0.15) is 27.6 Å². The van der Waals surface area contributed by atoms with E-state index in [4.69, 9.17) is 9.47 Å². The lowest BCUT2D eigenvalue weighted by atomic mass is 10.0. The summed E-state index contributed by atoms with van der Waals surface area (Å²) in [7, 11) is 0. The molecule has 0 aliphatic rings. The average Bonchev–Trinajstić information content (AvgIpc) is 2.88. The number of non-ortho nitro benzene ring substituents is 1. The van der Waals surface area contributed by atoms with Crippen LogP contribution < -0.4 is 4.74 Å². The van der Waals surface area contributed by atoms with Gasteiger partial charge in [0.25, 0.3) is 5.69 Å². The Bertz CT molecular complexity index is 1320. The molecule has 0 radical (unpaired) electrons. The normalized spacial score (nSPS) is 10.5. The highest BCUT2D eigenvalue weighted by Gasteiger charge is 2.22. The molecule has 174 valence electrons. The number of carbonyl (C=O) groups is 1. The van der Waals surface area contributed by atoms with Crippen molar-refractivity contribution in [2.24, 2.45) is 0 Å². The van der Waals surface area contributed by atoms with E-state index in [1.54, 1.807) is 0 Å². The zero-order valence-corrected chi connectivity index (χ0v) is 18.1. The second-order valence-corrected chi connectivity index (χ2v) is 7.40. The summed E-state index contributed by atoms with van der Waals surface area (Å²) >= 11 is 0. The first kappa shape index (κ1) is 23.1. The van der Waals surface area contributed by atoms with Crippen LogP contribution >= 0.6 is 0 Å². The summed E-state index contributed by atoms with van der Waals surface area (Å²) in [5.41, 5.74) is 0.923. The van der Waals surface area contributed by atoms with Crippen LogP contribution in [0.4, 0.5) is 11.4 Å². The van der Waals surface area contributed by atoms with Crippen molar-refractivity contribution < 1.29 is 24.1 Å². The first-order valence-corrected chi connectivity index (χ1v) is 10.4. The van der Waals surface area contributed by atoms with Gasteiger partial charge in [0.05, 0.1) is 21.5 Å². The van der Waals surface area contributed by atoms with Crippen molar-refractivity contribution in [2.45, 2.75) is 6.10 Å². The molecular formula is C26H18N2O7. The molecule has 0 spiro atoms. The lowest BCUT2D eigenvalue weighted by Crippen LogP contribution is -2.13. The van der Waals surface area contributed by atoms with Gasteiger partial charge in [-0.05, 0) is 41.5 Å². The fraction of sp³-hybridized carbons (Fsp3) is 0.0385. The second kappa shape index (κ2) is 10.3. The minimum absolute atomic E-state index is 0.163. The molecule has 0 amide bonds. The number of ether oxygens (including phenoxy) is 2. The molecule has 9 nitrogen and oxygen atoms in total. The maximum atomic E-state index is 12.9. The fourth-order valence-corrected chi connectivity index (χ4v) is 3.39. The van der Waals surface area contributed by atoms with E-state index in [9.17, 15) is 25.0 Å². The zero-order valence-electron chi connectivity index (χ0n) is 18.1. The van der Waals surface area contributed by atoms with Gasteiger partial charge in [0, 0.05) is 6.07 Å². The van der Waals surface area contributed by atoms with Crippen molar-refractivity contribution in [1.82, 2.24) is 0 Å². The maximum absolute atomic E-state index is 12.9. The van der Waals surface area contributed by atoms with Gasteiger partial charge in [-0.25, -0.2) is 4.79 Å². The van der Waals surface area contributed by atoms with E-state index in [2.05, 4.69) is 0 Å². The van der Waals surface area contributed by atoms with Crippen LogP contribution in [0.2, 0.25) is 0 Å². The molecule has 0 fully saturated rings. The molecule has 0 bridgehead atoms.